The average molecular weight is 211 g/mol. The van der Waals surface area contributed by atoms with Gasteiger partial charge in [0.05, 0.1) is 6.61 Å². The maximum atomic E-state index is 5.49. The monoisotopic (exact) mass is 211 g/mol. The third kappa shape index (κ3) is 4.46. The van der Waals surface area contributed by atoms with Crippen molar-refractivity contribution in [2.24, 2.45) is 0 Å². The second kappa shape index (κ2) is 5.35. The van der Waals surface area contributed by atoms with Crippen molar-refractivity contribution in [1.29, 1.82) is 0 Å². The number of nitrogens with two attached hydrogens (primary N) is 2. The van der Waals surface area contributed by atoms with E-state index in [0.29, 0.717) is 18.3 Å². The van der Waals surface area contributed by atoms with E-state index in [1.54, 1.807) is 6.07 Å². The Labute approximate surface area is 89.2 Å². The summed E-state index contributed by atoms with van der Waals surface area (Å²) in [5.41, 5.74) is 10.9. The lowest BCUT2D eigenvalue weighted by Crippen LogP contribution is -2.16. The zero-order chi connectivity index (χ0) is 11.3. The van der Waals surface area contributed by atoms with Gasteiger partial charge in [-0.1, -0.05) is 0 Å². The largest absolute Gasteiger partial charge is 0.477 e. The van der Waals surface area contributed by atoms with E-state index in [-0.39, 0.29) is 5.95 Å². The summed E-state index contributed by atoms with van der Waals surface area (Å²) in [7, 11) is 4.03. The molecule has 6 nitrogen and oxygen atoms in total. The molecule has 0 aliphatic heterocycles. The molecule has 0 atom stereocenters. The molecule has 4 N–H and O–H groups in total. The zero-order valence-corrected chi connectivity index (χ0v) is 9.10. The maximum Gasteiger partial charge on any atom is 0.225 e. The first-order chi connectivity index (χ1) is 7.08. The molecule has 0 aromatic carbocycles. The molecule has 0 bridgehead atoms. The number of hydrogen-bond donors (Lipinski definition) is 2. The van der Waals surface area contributed by atoms with Crippen molar-refractivity contribution in [2.45, 2.75) is 6.42 Å². The second-order valence-corrected chi connectivity index (χ2v) is 3.49. The number of hydrogen-bond acceptors (Lipinski definition) is 6. The van der Waals surface area contributed by atoms with Crippen molar-refractivity contribution in [1.82, 2.24) is 14.9 Å². The highest BCUT2D eigenvalue weighted by Crippen LogP contribution is 2.11. The summed E-state index contributed by atoms with van der Waals surface area (Å²) in [4.78, 5) is 9.74. The Morgan fingerprint density at radius 1 is 1.33 bits per heavy atom. The van der Waals surface area contributed by atoms with Gasteiger partial charge in [-0.2, -0.15) is 9.97 Å². The van der Waals surface area contributed by atoms with Crippen LogP contribution < -0.4 is 16.2 Å². The van der Waals surface area contributed by atoms with E-state index >= 15 is 0 Å². The van der Waals surface area contributed by atoms with E-state index in [1.165, 1.54) is 0 Å². The summed E-state index contributed by atoms with van der Waals surface area (Å²) in [6.07, 6.45) is 0.927. The van der Waals surface area contributed by atoms with E-state index in [4.69, 9.17) is 16.2 Å². The normalized spacial score (nSPS) is 10.6. The molecule has 1 heterocycles. The number of ether oxygens (including phenoxy) is 1. The predicted molar refractivity (Wildman–Crippen MR) is 59.5 cm³/mol. The van der Waals surface area contributed by atoms with Crippen molar-refractivity contribution >= 4 is 11.8 Å². The van der Waals surface area contributed by atoms with E-state index in [2.05, 4.69) is 14.9 Å². The Morgan fingerprint density at radius 2 is 2.07 bits per heavy atom. The summed E-state index contributed by atoms with van der Waals surface area (Å²) < 4.78 is 5.38. The van der Waals surface area contributed by atoms with Gasteiger partial charge in [0.2, 0.25) is 11.8 Å². The summed E-state index contributed by atoms with van der Waals surface area (Å²) in [6.45, 7) is 1.56. The molecule has 6 heteroatoms. The van der Waals surface area contributed by atoms with E-state index < -0.39 is 0 Å². The number of rotatable bonds is 5. The van der Waals surface area contributed by atoms with Crippen LogP contribution in [0.1, 0.15) is 6.42 Å². The van der Waals surface area contributed by atoms with Crippen LogP contribution in [0.4, 0.5) is 11.8 Å². The van der Waals surface area contributed by atoms with Crippen molar-refractivity contribution < 1.29 is 4.74 Å². The highest BCUT2D eigenvalue weighted by molar-refractivity contribution is 5.38. The molecule has 0 aliphatic rings. The highest BCUT2D eigenvalue weighted by atomic mass is 16.5. The molecule has 0 saturated carbocycles. The van der Waals surface area contributed by atoms with Gasteiger partial charge in [0, 0.05) is 12.6 Å². The number of aromatic nitrogens is 2. The Balaban J connectivity index is 2.37. The molecule has 0 amide bonds. The van der Waals surface area contributed by atoms with Crippen LogP contribution in [0.5, 0.6) is 5.88 Å². The van der Waals surface area contributed by atoms with Crippen LogP contribution >= 0.6 is 0 Å². The molecule has 0 saturated heterocycles. The lowest BCUT2D eigenvalue weighted by molar-refractivity contribution is 0.273. The fourth-order valence-electron chi connectivity index (χ4n) is 1.09. The first-order valence-corrected chi connectivity index (χ1v) is 4.75. The Bertz CT molecular complexity index is 295. The average Bonchev–Trinajstić information content (AvgIpc) is 2.10. The van der Waals surface area contributed by atoms with Gasteiger partial charge in [-0.25, -0.2) is 0 Å². The third-order valence-electron chi connectivity index (χ3n) is 1.74. The quantitative estimate of drug-likeness (QED) is 0.665. The first kappa shape index (κ1) is 11.5. The number of anilines is 2. The van der Waals surface area contributed by atoms with Crippen LogP contribution in [-0.4, -0.2) is 42.1 Å². The predicted octanol–water partition coefficient (Wildman–Crippen LogP) is -0.0285. The fourth-order valence-corrected chi connectivity index (χ4v) is 1.09. The SMILES string of the molecule is CN(C)CCCOc1cc(N)nc(N)n1. The van der Waals surface area contributed by atoms with Crippen molar-refractivity contribution in [3.05, 3.63) is 6.07 Å². The minimum absolute atomic E-state index is 0.137. The van der Waals surface area contributed by atoms with E-state index in [1.807, 2.05) is 14.1 Å². The molecule has 0 spiro atoms. The molecule has 1 aromatic rings. The summed E-state index contributed by atoms with van der Waals surface area (Å²) in [5.74, 6) is 0.890. The number of nitrogen functional groups attached to an aromatic ring is 2. The molecule has 84 valence electrons. The maximum absolute atomic E-state index is 5.49. The number of nitrogens with zero attached hydrogens (tertiary/aromatic N) is 3. The van der Waals surface area contributed by atoms with Gasteiger partial charge in [0.1, 0.15) is 5.82 Å². The summed E-state index contributed by atoms with van der Waals surface area (Å²) in [5, 5.41) is 0. The van der Waals surface area contributed by atoms with Gasteiger partial charge in [-0.05, 0) is 20.5 Å². The van der Waals surface area contributed by atoms with Crippen LogP contribution in [0.15, 0.2) is 6.07 Å². The molecule has 0 radical (unpaired) electrons. The summed E-state index contributed by atoms with van der Waals surface area (Å²) >= 11 is 0. The van der Waals surface area contributed by atoms with Gasteiger partial charge in [-0.3, -0.25) is 0 Å². The molecule has 1 aromatic heterocycles. The van der Waals surface area contributed by atoms with Gasteiger partial charge >= 0.3 is 0 Å². The topological polar surface area (TPSA) is 90.3 Å². The van der Waals surface area contributed by atoms with Gasteiger partial charge in [0.25, 0.3) is 0 Å². The molecule has 0 unspecified atom stereocenters. The van der Waals surface area contributed by atoms with Crippen LogP contribution in [0.2, 0.25) is 0 Å². The fraction of sp³-hybridized carbons (Fsp3) is 0.556. The molecular weight excluding hydrogens is 194 g/mol. The highest BCUT2D eigenvalue weighted by Gasteiger charge is 2.00. The Hall–Kier alpha value is -1.56. The van der Waals surface area contributed by atoms with Gasteiger partial charge < -0.3 is 21.1 Å². The minimum Gasteiger partial charge on any atom is -0.477 e. The van der Waals surface area contributed by atoms with Crippen LogP contribution in [0.3, 0.4) is 0 Å². The van der Waals surface area contributed by atoms with Gasteiger partial charge in [-0.15, -0.1) is 0 Å². The second-order valence-electron chi connectivity index (χ2n) is 3.49. The molecule has 15 heavy (non-hydrogen) atoms. The lowest BCUT2D eigenvalue weighted by atomic mass is 10.4. The molecule has 1 rings (SSSR count). The van der Waals surface area contributed by atoms with Crippen molar-refractivity contribution in [3.8, 4) is 5.88 Å². The van der Waals surface area contributed by atoms with Crippen LogP contribution in [-0.2, 0) is 0 Å². The van der Waals surface area contributed by atoms with E-state index in [9.17, 15) is 0 Å². The third-order valence-corrected chi connectivity index (χ3v) is 1.74. The van der Waals surface area contributed by atoms with Crippen molar-refractivity contribution in [3.63, 3.8) is 0 Å². The molecule has 0 aliphatic carbocycles. The van der Waals surface area contributed by atoms with E-state index in [0.717, 1.165) is 13.0 Å². The van der Waals surface area contributed by atoms with Crippen LogP contribution in [0, 0.1) is 0 Å². The minimum atomic E-state index is 0.137. The molecular formula is C9H17N5O. The van der Waals surface area contributed by atoms with Crippen molar-refractivity contribution in [2.75, 3.05) is 38.7 Å². The first-order valence-electron chi connectivity index (χ1n) is 4.75. The zero-order valence-electron chi connectivity index (χ0n) is 9.10. The molecule has 0 fully saturated rings. The summed E-state index contributed by atoms with van der Waals surface area (Å²) in [6, 6.07) is 1.56. The van der Waals surface area contributed by atoms with Gasteiger partial charge in [0.15, 0.2) is 0 Å². The Kier molecular flexibility index (Phi) is 4.11. The lowest BCUT2D eigenvalue weighted by Gasteiger charge is -2.10. The van der Waals surface area contributed by atoms with Crippen LogP contribution in [0.25, 0.3) is 0 Å². The standard InChI is InChI=1S/C9H17N5O/c1-14(2)4-3-5-15-8-6-7(10)12-9(11)13-8/h6H,3-5H2,1-2H3,(H4,10,11,12,13). The Morgan fingerprint density at radius 3 is 2.67 bits per heavy atom. The smallest absolute Gasteiger partial charge is 0.225 e.